The monoisotopic (exact) mass is 214 g/mol. The van der Waals surface area contributed by atoms with E-state index in [0.717, 1.165) is 6.07 Å². The zero-order valence-corrected chi connectivity index (χ0v) is 9.22. The van der Waals surface area contributed by atoms with Crippen LogP contribution in [-0.2, 0) is 5.60 Å². The maximum Gasteiger partial charge on any atom is 0.126 e. The van der Waals surface area contributed by atoms with Crippen LogP contribution in [0.3, 0.4) is 0 Å². The average Bonchev–Trinajstić information content (AvgIpc) is 1.99. The number of benzene rings is 1. The molecule has 0 amide bonds. The Bertz CT molecular complexity index is 325. The normalized spacial score (nSPS) is 15.4. The lowest BCUT2D eigenvalue weighted by molar-refractivity contribution is 0.0342. The number of hydrogen-bond acceptors (Lipinski definition) is 1. The topological polar surface area (TPSA) is 20.2 Å². The van der Waals surface area contributed by atoms with E-state index in [0.29, 0.717) is 6.42 Å². The summed E-state index contributed by atoms with van der Waals surface area (Å²) in [5.41, 5.74) is -0.898. The van der Waals surface area contributed by atoms with Crippen molar-refractivity contribution in [3.8, 4) is 0 Å². The third-order valence-corrected chi connectivity index (χ3v) is 2.29. The summed E-state index contributed by atoms with van der Waals surface area (Å²) in [6.07, 6.45) is 0.468. The molecule has 1 aromatic carbocycles. The van der Waals surface area contributed by atoms with E-state index < -0.39 is 17.2 Å². The van der Waals surface area contributed by atoms with E-state index in [1.807, 2.05) is 13.8 Å². The van der Waals surface area contributed by atoms with Gasteiger partial charge in [-0.15, -0.1) is 0 Å². The van der Waals surface area contributed by atoms with E-state index in [1.54, 1.807) is 6.92 Å². The van der Waals surface area contributed by atoms with Crippen LogP contribution in [0.5, 0.6) is 0 Å². The zero-order valence-electron chi connectivity index (χ0n) is 9.22. The van der Waals surface area contributed by atoms with E-state index >= 15 is 0 Å². The molecule has 0 aliphatic carbocycles. The fourth-order valence-corrected chi connectivity index (χ4v) is 1.78. The lowest BCUT2D eigenvalue weighted by atomic mass is 9.87. The molecule has 0 radical (unpaired) electrons. The average molecular weight is 214 g/mol. The first-order valence-electron chi connectivity index (χ1n) is 5.00. The standard InChI is InChI=1S/C12H16F2O/c1-8(2)7-12(3,15)9-4-10(13)6-11(14)5-9/h4-6,8,15H,7H2,1-3H3. The van der Waals surface area contributed by atoms with Crippen molar-refractivity contribution in [1.82, 2.24) is 0 Å². The molecule has 3 heteroatoms. The maximum atomic E-state index is 12.9. The molecule has 84 valence electrons. The molecule has 0 fully saturated rings. The largest absolute Gasteiger partial charge is 0.385 e. The van der Waals surface area contributed by atoms with Crippen LogP contribution in [0, 0.1) is 17.6 Å². The zero-order chi connectivity index (χ0) is 11.6. The SMILES string of the molecule is CC(C)CC(C)(O)c1cc(F)cc(F)c1. The number of aliphatic hydroxyl groups is 1. The van der Waals surface area contributed by atoms with Crippen molar-refractivity contribution < 1.29 is 13.9 Å². The molecule has 1 atom stereocenters. The molecule has 0 aliphatic heterocycles. The van der Waals surface area contributed by atoms with Gasteiger partial charge in [0.05, 0.1) is 5.60 Å². The van der Waals surface area contributed by atoms with E-state index in [1.165, 1.54) is 12.1 Å². The lowest BCUT2D eigenvalue weighted by Gasteiger charge is -2.25. The second-order valence-electron chi connectivity index (χ2n) is 4.53. The molecule has 1 nitrogen and oxygen atoms in total. The van der Waals surface area contributed by atoms with Crippen molar-refractivity contribution in [3.63, 3.8) is 0 Å². The van der Waals surface area contributed by atoms with Gasteiger partial charge in [-0.25, -0.2) is 8.78 Å². The minimum atomic E-state index is -1.18. The predicted octanol–water partition coefficient (Wildman–Crippen LogP) is 3.22. The van der Waals surface area contributed by atoms with E-state index in [4.69, 9.17) is 0 Å². The molecule has 0 spiro atoms. The molecule has 1 unspecified atom stereocenters. The Morgan fingerprint density at radius 2 is 1.67 bits per heavy atom. The van der Waals surface area contributed by atoms with Crippen molar-refractivity contribution in [2.75, 3.05) is 0 Å². The van der Waals surface area contributed by atoms with Gasteiger partial charge in [-0.1, -0.05) is 13.8 Å². The first-order valence-corrected chi connectivity index (χ1v) is 5.00. The second kappa shape index (κ2) is 4.27. The van der Waals surface area contributed by atoms with Crippen LogP contribution >= 0.6 is 0 Å². The van der Waals surface area contributed by atoms with Gasteiger partial charge in [0, 0.05) is 6.07 Å². The van der Waals surface area contributed by atoms with Gasteiger partial charge < -0.3 is 5.11 Å². The molecule has 0 heterocycles. The Morgan fingerprint density at radius 1 is 1.20 bits per heavy atom. The van der Waals surface area contributed by atoms with Gasteiger partial charge in [0.1, 0.15) is 11.6 Å². The number of rotatable bonds is 3. The Hall–Kier alpha value is -0.960. The summed E-state index contributed by atoms with van der Waals surface area (Å²) in [6, 6.07) is 3.14. The van der Waals surface area contributed by atoms with Crippen LogP contribution in [-0.4, -0.2) is 5.11 Å². The molecule has 1 N–H and O–H groups in total. The molecule has 0 aliphatic rings. The third-order valence-electron chi connectivity index (χ3n) is 2.29. The van der Waals surface area contributed by atoms with Gasteiger partial charge in [0.15, 0.2) is 0 Å². The fourth-order valence-electron chi connectivity index (χ4n) is 1.78. The van der Waals surface area contributed by atoms with Gasteiger partial charge >= 0.3 is 0 Å². The minimum absolute atomic E-state index is 0.256. The highest BCUT2D eigenvalue weighted by Gasteiger charge is 2.25. The highest BCUT2D eigenvalue weighted by atomic mass is 19.1. The summed E-state index contributed by atoms with van der Waals surface area (Å²) < 4.78 is 25.9. The Kier molecular flexibility index (Phi) is 3.45. The van der Waals surface area contributed by atoms with Crippen molar-refractivity contribution in [2.24, 2.45) is 5.92 Å². The molecule has 15 heavy (non-hydrogen) atoms. The molecular formula is C12H16F2O. The first kappa shape index (κ1) is 12.1. The summed E-state index contributed by atoms with van der Waals surface area (Å²) in [6.45, 7) is 5.47. The maximum absolute atomic E-state index is 12.9. The molecular weight excluding hydrogens is 198 g/mol. The smallest absolute Gasteiger partial charge is 0.126 e. The molecule has 0 saturated carbocycles. The summed E-state index contributed by atoms with van der Waals surface area (Å²) >= 11 is 0. The lowest BCUT2D eigenvalue weighted by Crippen LogP contribution is -2.23. The van der Waals surface area contributed by atoms with Gasteiger partial charge in [0.25, 0.3) is 0 Å². The van der Waals surface area contributed by atoms with Crippen LogP contribution in [0.15, 0.2) is 18.2 Å². The molecule has 0 saturated heterocycles. The number of halogens is 2. The predicted molar refractivity (Wildman–Crippen MR) is 55.4 cm³/mol. The van der Waals surface area contributed by atoms with Crippen LogP contribution in [0.25, 0.3) is 0 Å². The Morgan fingerprint density at radius 3 is 2.07 bits per heavy atom. The van der Waals surface area contributed by atoms with E-state index in [-0.39, 0.29) is 11.5 Å². The summed E-state index contributed by atoms with van der Waals surface area (Å²) in [5.74, 6) is -1.06. The van der Waals surface area contributed by atoms with E-state index in [2.05, 4.69) is 0 Å². The summed E-state index contributed by atoms with van der Waals surface area (Å²) in [4.78, 5) is 0. The van der Waals surface area contributed by atoms with Crippen LogP contribution < -0.4 is 0 Å². The minimum Gasteiger partial charge on any atom is -0.385 e. The highest BCUT2D eigenvalue weighted by molar-refractivity contribution is 5.23. The molecule has 1 rings (SSSR count). The van der Waals surface area contributed by atoms with Crippen molar-refractivity contribution in [1.29, 1.82) is 0 Å². The Balaban J connectivity index is 3.03. The highest BCUT2D eigenvalue weighted by Crippen LogP contribution is 2.28. The van der Waals surface area contributed by atoms with Gasteiger partial charge in [0.2, 0.25) is 0 Å². The van der Waals surface area contributed by atoms with Crippen molar-refractivity contribution >= 4 is 0 Å². The van der Waals surface area contributed by atoms with Crippen LogP contribution in [0.4, 0.5) is 8.78 Å². The van der Waals surface area contributed by atoms with Crippen LogP contribution in [0.1, 0.15) is 32.8 Å². The molecule has 0 bridgehead atoms. The molecule has 1 aromatic rings. The summed E-state index contributed by atoms with van der Waals surface area (Å²) in [5, 5.41) is 10.1. The molecule has 0 aromatic heterocycles. The summed E-state index contributed by atoms with van der Waals surface area (Å²) in [7, 11) is 0. The van der Waals surface area contributed by atoms with Gasteiger partial charge in [-0.05, 0) is 37.0 Å². The van der Waals surface area contributed by atoms with Crippen molar-refractivity contribution in [3.05, 3.63) is 35.4 Å². The fraction of sp³-hybridized carbons (Fsp3) is 0.500. The van der Waals surface area contributed by atoms with Crippen LogP contribution in [0.2, 0.25) is 0 Å². The van der Waals surface area contributed by atoms with Crippen molar-refractivity contribution in [2.45, 2.75) is 32.8 Å². The van der Waals surface area contributed by atoms with E-state index in [9.17, 15) is 13.9 Å². The Labute approximate surface area is 88.7 Å². The first-order chi connectivity index (χ1) is 6.81. The number of hydrogen-bond donors (Lipinski definition) is 1. The quantitative estimate of drug-likeness (QED) is 0.819. The van der Waals surface area contributed by atoms with Gasteiger partial charge in [-0.3, -0.25) is 0 Å². The second-order valence-corrected chi connectivity index (χ2v) is 4.53. The van der Waals surface area contributed by atoms with Gasteiger partial charge in [-0.2, -0.15) is 0 Å². The third kappa shape index (κ3) is 3.27.